The van der Waals surface area contributed by atoms with E-state index >= 15 is 0 Å². The monoisotopic (exact) mass is 391 g/mol. The number of ether oxygens (including phenoxy) is 1. The maximum absolute atomic E-state index is 12.8. The molecule has 4 aromatic rings. The molecule has 140 valence electrons. The number of carbonyl (C=O) groups is 1. The van der Waals surface area contributed by atoms with E-state index in [1.54, 1.807) is 18.2 Å². The fourth-order valence-electron chi connectivity index (χ4n) is 3.04. The molecule has 1 N–H and O–H groups in total. The molecule has 1 amide bonds. The highest BCUT2D eigenvalue weighted by molar-refractivity contribution is 6.31. The predicted octanol–water partition coefficient (Wildman–Crippen LogP) is 5.22. The number of hydrogen-bond acceptors (Lipinski definition) is 3. The van der Waals surface area contributed by atoms with E-state index in [0.717, 1.165) is 22.5 Å². The van der Waals surface area contributed by atoms with Crippen molar-refractivity contribution < 1.29 is 9.53 Å². The zero-order chi connectivity index (χ0) is 19.7. The summed E-state index contributed by atoms with van der Waals surface area (Å²) in [6.07, 6.45) is 3.92. The van der Waals surface area contributed by atoms with E-state index in [-0.39, 0.29) is 5.91 Å². The van der Waals surface area contributed by atoms with Gasteiger partial charge in [-0.1, -0.05) is 29.8 Å². The number of nitrogens with one attached hydrogen (secondary N) is 1. The van der Waals surface area contributed by atoms with E-state index in [1.807, 2.05) is 60.1 Å². The van der Waals surface area contributed by atoms with Gasteiger partial charge in [0.2, 0.25) is 0 Å². The standard InChI is InChI=1S/C22H18ClN3O2/c1-14-6-7-15(19-13-26-10-4-3-5-21(26)24-19)11-18(14)25-22(27)17-12-16(23)8-9-20(17)28-2/h3-13H,1-2H3,(H,25,27). The van der Waals surface area contributed by atoms with Gasteiger partial charge in [0.1, 0.15) is 11.4 Å². The molecule has 0 unspecified atom stereocenters. The Balaban J connectivity index is 1.68. The van der Waals surface area contributed by atoms with Crippen LogP contribution in [0.15, 0.2) is 67.0 Å². The number of hydrogen-bond donors (Lipinski definition) is 1. The molecule has 2 heterocycles. The number of imidazole rings is 1. The molecule has 0 saturated heterocycles. The summed E-state index contributed by atoms with van der Waals surface area (Å²) in [7, 11) is 1.52. The van der Waals surface area contributed by atoms with Crippen LogP contribution in [0, 0.1) is 6.92 Å². The van der Waals surface area contributed by atoms with Crippen LogP contribution in [0.3, 0.4) is 0 Å². The maximum atomic E-state index is 12.8. The number of anilines is 1. The number of rotatable bonds is 4. The summed E-state index contributed by atoms with van der Waals surface area (Å²) >= 11 is 6.05. The molecule has 28 heavy (non-hydrogen) atoms. The van der Waals surface area contributed by atoms with E-state index in [4.69, 9.17) is 16.3 Å². The first kappa shape index (κ1) is 18.1. The molecule has 5 nitrogen and oxygen atoms in total. The van der Waals surface area contributed by atoms with Gasteiger partial charge in [-0.05, 0) is 48.9 Å². The average molecular weight is 392 g/mol. The predicted molar refractivity (Wildman–Crippen MR) is 111 cm³/mol. The van der Waals surface area contributed by atoms with Crippen LogP contribution in [-0.2, 0) is 0 Å². The molecule has 0 aliphatic heterocycles. The van der Waals surface area contributed by atoms with Crippen LogP contribution in [0.2, 0.25) is 5.02 Å². The number of aryl methyl sites for hydroxylation is 1. The van der Waals surface area contributed by atoms with Crippen LogP contribution < -0.4 is 10.1 Å². The minimum Gasteiger partial charge on any atom is -0.496 e. The number of methoxy groups -OCH3 is 1. The summed E-state index contributed by atoms with van der Waals surface area (Å²) in [6, 6.07) is 16.7. The third-order valence-corrected chi connectivity index (χ3v) is 4.79. The second kappa shape index (κ2) is 7.37. The van der Waals surface area contributed by atoms with E-state index in [2.05, 4.69) is 10.3 Å². The van der Waals surface area contributed by atoms with Gasteiger partial charge >= 0.3 is 0 Å². The summed E-state index contributed by atoms with van der Waals surface area (Å²) in [5.41, 5.74) is 4.66. The molecule has 0 aliphatic rings. The Hall–Kier alpha value is -3.31. The molecular formula is C22H18ClN3O2. The second-order valence-electron chi connectivity index (χ2n) is 6.42. The minimum atomic E-state index is -0.283. The van der Waals surface area contributed by atoms with Crippen LogP contribution in [0.4, 0.5) is 5.69 Å². The molecule has 4 rings (SSSR count). The lowest BCUT2D eigenvalue weighted by molar-refractivity contribution is 0.102. The molecule has 0 bridgehead atoms. The lowest BCUT2D eigenvalue weighted by atomic mass is 10.1. The van der Waals surface area contributed by atoms with E-state index < -0.39 is 0 Å². The number of nitrogens with zero attached hydrogens (tertiary/aromatic N) is 2. The number of fused-ring (bicyclic) bond motifs is 1. The maximum Gasteiger partial charge on any atom is 0.259 e. The molecule has 6 heteroatoms. The van der Waals surface area contributed by atoms with Crippen molar-refractivity contribution >= 4 is 28.8 Å². The zero-order valence-corrected chi connectivity index (χ0v) is 16.2. The summed E-state index contributed by atoms with van der Waals surface area (Å²) in [4.78, 5) is 17.5. The molecule has 0 atom stereocenters. The Morgan fingerprint density at radius 3 is 2.79 bits per heavy atom. The number of halogens is 1. The molecular weight excluding hydrogens is 374 g/mol. The molecule has 0 spiro atoms. The minimum absolute atomic E-state index is 0.283. The van der Waals surface area contributed by atoms with Gasteiger partial charge in [-0.15, -0.1) is 0 Å². The van der Waals surface area contributed by atoms with Gasteiger partial charge in [-0.2, -0.15) is 0 Å². The fraction of sp³-hybridized carbons (Fsp3) is 0.0909. The number of pyridine rings is 1. The van der Waals surface area contributed by atoms with Crippen LogP contribution in [0.25, 0.3) is 16.9 Å². The first-order valence-electron chi connectivity index (χ1n) is 8.75. The van der Waals surface area contributed by atoms with Crippen molar-refractivity contribution in [3.8, 4) is 17.0 Å². The van der Waals surface area contributed by atoms with Crippen molar-refractivity contribution in [3.63, 3.8) is 0 Å². The smallest absolute Gasteiger partial charge is 0.259 e. The van der Waals surface area contributed by atoms with Gasteiger partial charge in [-0.25, -0.2) is 4.98 Å². The van der Waals surface area contributed by atoms with Gasteiger partial charge in [0, 0.05) is 28.7 Å². The lowest BCUT2D eigenvalue weighted by Crippen LogP contribution is -2.14. The number of aromatic nitrogens is 2. The average Bonchev–Trinajstić information content (AvgIpc) is 3.13. The van der Waals surface area contributed by atoms with Gasteiger partial charge < -0.3 is 14.5 Å². The summed E-state index contributed by atoms with van der Waals surface area (Å²) in [6.45, 7) is 1.94. The third kappa shape index (κ3) is 3.44. The number of carbonyl (C=O) groups excluding carboxylic acids is 1. The Kier molecular flexibility index (Phi) is 4.75. The van der Waals surface area contributed by atoms with Crippen LogP contribution >= 0.6 is 11.6 Å². The molecule has 2 aromatic heterocycles. The zero-order valence-electron chi connectivity index (χ0n) is 15.4. The normalized spacial score (nSPS) is 10.8. The van der Waals surface area contributed by atoms with Crippen molar-refractivity contribution in [2.45, 2.75) is 6.92 Å². The molecule has 2 aromatic carbocycles. The molecule has 0 fully saturated rings. The van der Waals surface area contributed by atoms with Crippen LogP contribution in [0.1, 0.15) is 15.9 Å². The van der Waals surface area contributed by atoms with Gasteiger partial charge in [0.05, 0.1) is 18.4 Å². The first-order chi connectivity index (χ1) is 13.5. The number of benzene rings is 2. The Morgan fingerprint density at radius 1 is 1.14 bits per heavy atom. The highest BCUT2D eigenvalue weighted by atomic mass is 35.5. The van der Waals surface area contributed by atoms with Gasteiger partial charge in [0.25, 0.3) is 5.91 Å². The number of amides is 1. The first-order valence-corrected chi connectivity index (χ1v) is 9.12. The van der Waals surface area contributed by atoms with E-state index in [1.165, 1.54) is 7.11 Å². The SMILES string of the molecule is COc1ccc(Cl)cc1C(=O)Nc1cc(-c2cn3ccccc3n2)ccc1C. The lowest BCUT2D eigenvalue weighted by Gasteiger charge is -2.12. The van der Waals surface area contributed by atoms with Gasteiger partial charge in [0.15, 0.2) is 0 Å². The van der Waals surface area contributed by atoms with Gasteiger partial charge in [-0.3, -0.25) is 4.79 Å². The largest absolute Gasteiger partial charge is 0.496 e. The summed E-state index contributed by atoms with van der Waals surface area (Å²) < 4.78 is 7.25. The summed E-state index contributed by atoms with van der Waals surface area (Å²) in [5.74, 6) is 0.186. The topological polar surface area (TPSA) is 55.6 Å². The quantitative estimate of drug-likeness (QED) is 0.518. The van der Waals surface area contributed by atoms with Crippen LogP contribution in [-0.4, -0.2) is 22.4 Å². The highest BCUT2D eigenvalue weighted by Gasteiger charge is 2.15. The van der Waals surface area contributed by atoms with Crippen molar-refractivity contribution in [1.82, 2.24) is 9.38 Å². The van der Waals surface area contributed by atoms with E-state index in [0.29, 0.717) is 22.0 Å². The van der Waals surface area contributed by atoms with E-state index in [9.17, 15) is 4.79 Å². The Morgan fingerprint density at radius 2 is 2.00 bits per heavy atom. The van der Waals surface area contributed by atoms with Crippen molar-refractivity contribution in [3.05, 3.63) is 83.1 Å². The summed E-state index contributed by atoms with van der Waals surface area (Å²) in [5, 5.41) is 3.43. The second-order valence-corrected chi connectivity index (χ2v) is 6.86. The van der Waals surface area contributed by atoms with Crippen molar-refractivity contribution in [2.24, 2.45) is 0 Å². The molecule has 0 aliphatic carbocycles. The van der Waals surface area contributed by atoms with Crippen LogP contribution in [0.5, 0.6) is 5.75 Å². The third-order valence-electron chi connectivity index (χ3n) is 4.55. The Bertz CT molecular complexity index is 1150. The Labute approximate surface area is 167 Å². The fourth-order valence-corrected chi connectivity index (χ4v) is 3.21. The molecule has 0 saturated carbocycles. The van der Waals surface area contributed by atoms with Crippen molar-refractivity contribution in [1.29, 1.82) is 0 Å². The molecule has 0 radical (unpaired) electrons. The highest BCUT2D eigenvalue weighted by Crippen LogP contribution is 2.28. The van der Waals surface area contributed by atoms with Crippen molar-refractivity contribution in [2.75, 3.05) is 12.4 Å².